The van der Waals surface area contributed by atoms with Crippen LogP contribution in [0, 0.1) is 0 Å². The molecule has 2 nitrogen and oxygen atoms in total. The first-order valence-electron chi connectivity index (χ1n) is 5.17. The Balaban J connectivity index is 2.29. The number of aryl methyl sites for hydroxylation is 1. The second kappa shape index (κ2) is 4.01. The molecule has 2 heteroatoms. The van der Waals surface area contributed by atoms with E-state index in [0.29, 0.717) is 0 Å². The van der Waals surface area contributed by atoms with Crippen LogP contribution in [0.4, 0.5) is 0 Å². The molecule has 1 aromatic rings. The van der Waals surface area contributed by atoms with Crippen LogP contribution in [0.15, 0.2) is 18.2 Å². The van der Waals surface area contributed by atoms with Gasteiger partial charge in [-0.05, 0) is 30.0 Å². The molecule has 1 aliphatic heterocycles. The lowest BCUT2D eigenvalue weighted by atomic mass is 9.96. The molecule has 0 amide bonds. The van der Waals surface area contributed by atoms with Gasteiger partial charge in [-0.15, -0.1) is 0 Å². The minimum Gasteiger partial charge on any atom is -0.493 e. The highest BCUT2D eigenvalue weighted by atomic mass is 16.5. The van der Waals surface area contributed by atoms with Gasteiger partial charge in [-0.1, -0.05) is 19.1 Å². The average molecular weight is 192 g/mol. The Hall–Kier alpha value is -1.02. The normalized spacial score (nSPS) is 17.0. The molecule has 14 heavy (non-hydrogen) atoms. The quantitative estimate of drug-likeness (QED) is 0.777. The summed E-state index contributed by atoms with van der Waals surface area (Å²) in [7, 11) is 0. The third kappa shape index (κ3) is 1.75. The second-order valence-electron chi connectivity index (χ2n) is 3.90. The van der Waals surface area contributed by atoms with Crippen LogP contribution in [0.2, 0.25) is 0 Å². The number of benzene rings is 1. The standard InChI is InChI=1S/C12H16O2/c1-9(8-13)10-4-5-12-11(7-10)3-2-6-14-12/h4-5,7,9,13H,2-3,6,8H2,1H3. The maximum Gasteiger partial charge on any atom is 0.122 e. The number of hydrogen-bond acceptors (Lipinski definition) is 2. The van der Waals surface area contributed by atoms with Crippen LogP contribution in [0.1, 0.15) is 30.4 Å². The Morgan fingerprint density at radius 1 is 1.50 bits per heavy atom. The Kier molecular flexibility index (Phi) is 2.73. The number of ether oxygens (including phenoxy) is 1. The van der Waals surface area contributed by atoms with Crippen molar-refractivity contribution in [3.05, 3.63) is 29.3 Å². The zero-order valence-corrected chi connectivity index (χ0v) is 8.49. The minimum absolute atomic E-state index is 0.208. The van der Waals surface area contributed by atoms with Gasteiger partial charge in [0.05, 0.1) is 6.61 Å². The zero-order chi connectivity index (χ0) is 9.97. The maximum atomic E-state index is 9.06. The molecule has 2 rings (SSSR count). The predicted molar refractivity (Wildman–Crippen MR) is 55.8 cm³/mol. The van der Waals surface area contributed by atoms with Crippen molar-refractivity contribution in [3.63, 3.8) is 0 Å². The SMILES string of the molecule is CC(CO)c1ccc2c(c1)CCCO2. The van der Waals surface area contributed by atoms with Gasteiger partial charge in [0.1, 0.15) is 5.75 Å². The fourth-order valence-corrected chi connectivity index (χ4v) is 1.79. The molecule has 1 aromatic carbocycles. The highest BCUT2D eigenvalue weighted by Gasteiger charge is 2.12. The summed E-state index contributed by atoms with van der Waals surface area (Å²) in [5, 5.41) is 9.06. The summed E-state index contributed by atoms with van der Waals surface area (Å²) in [6.45, 7) is 3.08. The molecule has 76 valence electrons. The molecule has 1 heterocycles. The highest BCUT2D eigenvalue weighted by Crippen LogP contribution is 2.28. The van der Waals surface area contributed by atoms with Crippen LogP contribution < -0.4 is 4.74 Å². The Bertz CT molecular complexity index is 320. The first kappa shape index (κ1) is 9.53. The predicted octanol–water partition coefficient (Wildman–Crippen LogP) is 2.11. The van der Waals surface area contributed by atoms with E-state index < -0.39 is 0 Å². The van der Waals surface area contributed by atoms with Crippen LogP contribution in [-0.2, 0) is 6.42 Å². The smallest absolute Gasteiger partial charge is 0.122 e. The fourth-order valence-electron chi connectivity index (χ4n) is 1.79. The van der Waals surface area contributed by atoms with Crippen molar-refractivity contribution in [2.75, 3.05) is 13.2 Å². The van der Waals surface area contributed by atoms with E-state index in [-0.39, 0.29) is 12.5 Å². The fraction of sp³-hybridized carbons (Fsp3) is 0.500. The summed E-state index contributed by atoms with van der Waals surface area (Å²) in [6, 6.07) is 6.23. The molecule has 0 bridgehead atoms. The van der Waals surface area contributed by atoms with Crippen molar-refractivity contribution in [1.29, 1.82) is 0 Å². The van der Waals surface area contributed by atoms with Crippen molar-refractivity contribution >= 4 is 0 Å². The van der Waals surface area contributed by atoms with Gasteiger partial charge >= 0.3 is 0 Å². The maximum absolute atomic E-state index is 9.06. The van der Waals surface area contributed by atoms with E-state index in [1.54, 1.807) is 0 Å². The molecule has 0 radical (unpaired) electrons. The average Bonchev–Trinajstić information content (AvgIpc) is 2.27. The third-order valence-corrected chi connectivity index (χ3v) is 2.78. The molecule has 1 unspecified atom stereocenters. The van der Waals surface area contributed by atoms with Gasteiger partial charge in [-0.2, -0.15) is 0 Å². The number of aliphatic hydroxyl groups is 1. The first-order valence-corrected chi connectivity index (χ1v) is 5.17. The van der Waals surface area contributed by atoms with Gasteiger partial charge in [0.15, 0.2) is 0 Å². The Labute approximate surface area is 84.5 Å². The van der Waals surface area contributed by atoms with Crippen molar-refractivity contribution < 1.29 is 9.84 Å². The molecule has 0 saturated heterocycles. The van der Waals surface area contributed by atoms with E-state index in [0.717, 1.165) is 25.2 Å². The van der Waals surface area contributed by atoms with Crippen molar-refractivity contribution in [2.45, 2.75) is 25.7 Å². The van der Waals surface area contributed by atoms with Gasteiger partial charge in [-0.25, -0.2) is 0 Å². The van der Waals surface area contributed by atoms with Crippen LogP contribution in [0.5, 0.6) is 5.75 Å². The molecule has 1 atom stereocenters. The lowest BCUT2D eigenvalue weighted by Crippen LogP contribution is -2.09. The zero-order valence-electron chi connectivity index (χ0n) is 8.49. The Morgan fingerprint density at radius 2 is 2.36 bits per heavy atom. The van der Waals surface area contributed by atoms with E-state index in [4.69, 9.17) is 9.84 Å². The van der Waals surface area contributed by atoms with Crippen LogP contribution in [-0.4, -0.2) is 18.3 Å². The summed E-state index contributed by atoms with van der Waals surface area (Å²) in [6.07, 6.45) is 2.20. The number of fused-ring (bicyclic) bond motifs is 1. The van der Waals surface area contributed by atoms with Gasteiger partial charge in [-0.3, -0.25) is 0 Å². The van der Waals surface area contributed by atoms with Gasteiger partial charge < -0.3 is 9.84 Å². The van der Waals surface area contributed by atoms with Crippen LogP contribution >= 0.6 is 0 Å². The first-order chi connectivity index (χ1) is 6.81. The lowest BCUT2D eigenvalue weighted by Gasteiger charge is -2.19. The Morgan fingerprint density at radius 3 is 3.14 bits per heavy atom. The highest BCUT2D eigenvalue weighted by molar-refractivity contribution is 5.39. The minimum atomic E-state index is 0.208. The number of hydrogen-bond donors (Lipinski definition) is 1. The van der Waals surface area contributed by atoms with Crippen LogP contribution in [0.25, 0.3) is 0 Å². The van der Waals surface area contributed by atoms with Crippen molar-refractivity contribution in [2.24, 2.45) is 0 Å². The van der Waals surface area contributed by atoms with Gasteiger partial charge in [0.25, 0.3) is 0 Å². The summed E-state index contributed by atoms with van der Waals surface area (Å²) in [5.41, 5.74) is 2.49. The molecule has 0 saturated carbocycles. The number of aliphatic hydroxyl groups excluding tert-OH is 1. The molecular formula is C12H16O2. The molecule has 1 aliphatic rings. The molecule has 0 aromatic heterocycles. The van der Waals surface area contributed by atoms with E-state index in [9.17, 15) is 0 Å². The van der Waals surface area contributed by atoms with E-state index in [1.165, 1.54) is 11.1 Å². The van der Waals surface area contributed by atoms with Crippen molar-refractivity contribution in [1.82, 2.24) is 0 Å². The molecule has 1 N–H and O–H groups in total. The van der Waals surface area contributed by atoms with Gasteiger partial charge in [0.2, 0.25) is 0 Å². The van der Waals surface area contributed by atoms with Crippen molar-refractivity contribution in [3.8, 4) is 5.75 Å². The van der Waals surface area contributed by atoms with Gasteiger partial charge in [0, 0.05) is 12.5 Å². The second-order valence-corrected chi connectivity index (χ2v) is 3.90. The molecule has 0 aliphatic carbocycles. The monoisotopic (exact) mass is 192 g/mol. The summed E-state index contributed by atoms with van der Waals surface area (Å²) < 4.78 is 5.53. The summed E-state index contributed by atoms with van der Waals surface area (Å²) in [4.78, 5) is 0. The third-order valence-electron chi connectivity index (χ3n) is 2.78. The van der Waals surface area contributed by atoms with E-state index >= 15 is 0 Å². The van der Waals surface area contributed by atoms with E-state index in [1.807, 2.05) is 19.1 Å². The van der Waals surface area contributed by atoms with E-state index in [2.05, 4.69) is 6.07 Å². The molecule has 0 spiro atoms. The lowest BCUT2D eigenvalue weighted by molar-refractivity contribution is 0.271. The molecule has 0 fully saturated rings. The van der Waals surface area contributed by atoms with Crippen LogP contribution in [0.3, 0.4) is 0 Å². The summed E-state index contributed by atoms with van der Waals surface area (Å²) >= 11 is 0. The molecular weight excluding hydrogens is 176 g/mol. The number of rotatable bonds is 2. The largest absolute Gasteiger partial charge is 0.493 e. The summed E-state index contributed by atoms with van der Waals surface area (Å²) in [5.74, 6) is 1.24. The topological polar surface area (TPSA) is 29.5 Å².